The van der Waals surface area contributed by atoms with Gasteiger partial charge >= 0.3 is 0 Å². The molecule has 2 atom stereocenters. The second-order valence-corrected chi connectivity index (χ2v) is 4.60. The molecule has 1 nitrogen and oxygen atoms in total. The third kappa shape index (κ3) is 1.03. The molecule has 3 rings (SSSR count). The molecule has 0 amide bonds. The first-order valence-corrected chi connectivity index (χ1v) is 5.28. The minimum atomic E-state index is -0.145. The highest BCUT2D eigenvalue weighted by molar-refractivity contribution is 9.10. The Kier molecular flexibility index (Phi) is 1.48. The van der Waals surface area contributed by atoms with Crippen molar-refractivity contribution in [2.45, 2.75) is 12.3 Å². The maximum Gasteiger partial charge on any atom is 0.137 e. The first-order chi connectivity index (χ1) is 6.27. The lowest BCUT2D eigenvalue weighted by molar-refractivity contribution is 0.616. The van der Waals surface area contributed by atoms with Gasteiger partial charge in [0.2, 0.25) is 0 Å². The third-order valence-electron chi connectivity index (χ3n) is 2.98. The number of rotatable bonds is 0. The van der Waals surface area contributed by atoms with E-state index in [1.807, 2.05) is 6.07 Å². The Balaban J connectivity index is 2.21. The minimum Gasteiger partial charge on any atom is -0.384 e. The molecule has 0 aromatic heterocycles. The minimum absolute atomic E-state index is 0.145. The van der Waals surface area contributed by atoms with Crippen LogP contribution in [0.4, 0.5) is 10.1 Å². The lowest BCUT2D eigenvalue weighted by atomic mass is 10.0. The van der Waals surface area contributed by atoms with Crippen LogP contribution in [0.5, 0.6) is 0 Å². The van der Waals surface area contributed by atoms with E-state index in [1.165, 1.54) is 12.5 Å². The average molecular weight is 242 g/mol. The average Bonchev–Trinajstić information content (AvgIpc) is 2.89. The van der Waals surface area contributed by atoms with E-state index in [9.17, 15) is 4.39 Å². The molecule has 2 aliphatic rings. The quantitative estimate of drug-likeness (QED) is 0.737. The highest BCUT2D eigenvalue weighted by Gasteiger charge is 2.43. The highest BCUT2D eigenvalue weighted by atomic mass is 79.9. The molecule has 1 aliphatic carbocycles. The zero-order valence-corrected chi connectivity index (χ0v) is 8.57. The summed E-state index contributed by atoms with van der Waals surface area (Å²) < 4.78 is 13.9. The zero-order chi connectivity index (χ0) is 9.00. The van der Waals surface area contributed by atoms with E-state index in [0.29, 0.717) is 10.4 Å². The normalized spacial score (nSPS) is 28.8. The van der Waals surface area contributed by atoms with Crippen molar-refractivity contribution in [1.29, 1.82) is 0 Å². The fraction of sp³-hybridized carbons (Fsp3) is 0.400. The summed E-state index contributed by atoms with van der Waals surface area (Å²) in [6.07, 6.45) is 1.21. The predicted octanol–water partition coefficient (Wildman–Crippen LogP) is 3.12. The molecule has 13 heavy (non-hydrogen) atoms. The van der Waals surface area contributed by atoms with E-state index in [2.05, 4.69) is 21.2 Å². The molecule has 3 heteroatoms. The third-order valence-corrected chi connectivity index (χ3v) is 3.79. The summed E-state index contributed by atoms with van der Waals surface area (Å²) in [5.41, 5.74) is 2.25. The number of hydrogen-bond acceptors (Lipinski definition) is 1. The number of benzene rings is 1. The summed E-state index contributed by atoms with van der Waals surface area (Å²) in [7, 11) is 0. The van der Waals surface area contributed by atoms with Gasteiger partial charge in [0.1, 0.15) is 5.82 Å². The van der Waals surface area contributed by atoms with Crippen LogP contribution in [-0.4, -0.2) is 6.54 Å². The number of nitrogens with one attached hydrogen (secondary N) is 1. The van der Waals surface area contributed by atoms with Crippen molar-refractivity contribution in [3.05, 3.63) is 28.0 Å². The smallest absolute Gasteiger partial charge is 0.137 e. The largest absolute Gasteiger partial charge is 0.384 e. The lowest BCUT2D eigenvalue weighted by Gasteiger charge is -2.18. The fourth-order valence-electron chi connectivity index (χ4n) is 2.15. The van der Waals surface area contributed by atoms with Crippen molar-refractivity contribution in [3.8, 4) is 0 Å². The number of halogens is 2. The van der Waals surface area contributed by atoms with E-state index < -0.39 is 0 Å². The first-order valence-electron chi connectivity index (χ1n) is 4.49. The maximum absolute atomic E-state index is 13.2. The molecule has 1 fully saturated rings. The first kappa shape index (κ1) is 7.80. The van der Waals surface area contributed by atoms with Crippen molar-refractivity contribution in [3.63, 3.8) is 0 Å². The standard InChI is InChI=1S/C10H9BrFN/c11-10-7(12)1-2-8-9(10)6-3-5(6)4-13-8/h1-2,5-6,13H,3-4H2. The molecule has 1 saturated carbocycles. The molecule has 1 aromatic rings. The fourth-order valence-corrected chi connectivity index (χ4v) is 2.79. The van der Waals surface area contributed by atoms with Crippen molar-refractivity contribution in [2.24, 2.45) is 5.92 Å². The van der Waals surface area contributed by atoms with Gasteiger partial charge in [0, 0.05) is 12.2 Å². The molecule has 1 N–H and O–H groups in total. The van der Waals surface area contributed by atoms with Gasteiger partial charge in [-0.1, -0.05) is 0 Å². The van der Waals surface area contributed by atoms with Crippen LogP contribution in [0.2, 0.25) is 0 Å². The van der Waals surface area contributed by atoms with Crippen molar-refractivity contribution >= 4 is 21.6 Å². The van der Waals surface area contributed by atoms with E-state index in [1.54, 1.807) is 0 Å². The number of fused-ring (bicyclic) bond motifs is 3. The van der Waals surface area contributed by atoms with E-state index in [-0.39, 0.29) is 5.82 Å². The number of hydrogen-bond donors (Lipinski definition) is 1. The van der Waals surface area contributed by atoms with Gasteiger partial charge in [0.25, 0.3) is 0 Å². The lowest BCUT2D eigenvalue weighted by Crippen LogP contribution is -2.12. The van der Waals surface area contributed by atoms with E-state index in [4.69, 9.17) is 0 Å². The molecule has 0 saturated heterocycles. The maximum atomic E-state index is 13.2. The van der Waals surface area contributed by atoms with Gasteiger partial charge < -0.3 is 5.32 Å². The Morgan fingerprint density at radius 2 is 2.31 bits per heavy atom. The molecule has 1 aromatic carbocycles. The molecule has 68 valence electrons. The topological polar surface area (TPSA) is 12.0 Å². The van der Waals surface area contributed by atoms with Crippen molar-refractivity contribution in [1.82, 2.24) is 0 Å². The summed E-state index contributed by atoms with van der Waals surface area (Å²) >= 11 is 3.32. The van der Waals surface area contributed by atoms with Gasteiger partial charge in [-0.05, 0) is 51.9 Å². The molecule has 0 bridgehead atoms. The molecule has 0 spiro atoms. The summed E-state index contributed by atoms with van der Waals surface area (Å²) in [6, 6.07) is 3.35. The molecular formula is C10H9BrFN. The van der Waals surface area contributed by atoms with Gasteiger partial charge in [-0.3, -0.25) is 0 Å². The van der Waals surface area contributed by atoms with Gasteiger partial charge in [0.15, 0.2) is 0 Å². The van der Waals surface area contributed by atoms with Crippen LogP contribution in [0.25, 0.3) is 0 Å². The summed E-state index contributed by atoms with van der Waals surface area (Å²) in [4.78, 5) is 0. The summed E-state index contributed by atoms with van der Waals surface area (Å²) in [5.74, 6) is 1.19. The molecule has 1 aliphatic heterocycles. The van der Waals surface area contributed by atoms with E-state index >= 15 is 0 Å². The Bertz CT molecular complexity index is 377. The second-order valence-electron chi connectivity index (χ2n) is 3.81. The van der Waals surface area contributed by atoms with Crippen LogP contribution in [0.15, 0.2) is 16.6 Å². The van der Waals surface area contributed by atoms with E-state index in [0.717, 1.165) is 23.7 Å². The molecular weight excluding hydrogens is 233 g/mol. The monoisotopic (exact) mass is 241 g/mol. The van der Waals surface area contributed by atoms with Gasteiger partial charge in [0.05, 0.1) is 4.47 Å². The number of anilines is 1. The van der Waals surface area contributed by atoms with Crippen LogP contribution < -0.4 is 5.32 Å². The van der Waals surface area contributed by atoms with Gasteiger partial charge in [-0.25, -0.2) is 4.39 Å². The van der Waals surface area contributed by atoms with Gasteiger partial charge in [-0.2, -0.15) is 0 Å². The predicted molar refractivity (Wildman–Crippen MR) is 53.4 cm³/mol. The van der Waals surface area contributed by atoms with Crippen LogP contribution in [0.3, 0.4) is 0 Å². The Labute approximate surface area is 84.5 Å². The van der Waals surface area contributed by atoms with Crippen LogP contribution in [0.1, 0.15) is 17.9 Å². The van der Waals surface area contributed by atoms with Crippen LogP contribution >= 0.6 is 15.9 Å². The Hall–Kier alpha value is -0.570. The van der Waals surface area contributed by atoms with Crippen LogP contribution in [-0.2, 0) is 0 Å². The van der Waals surface area contributed by atoms with Crippen molar-refractivity contribution in [2.75, 3.05) is 11.9 Å². The Morgan fingerprint density at radius 3 is 3.15 bits per heavy atom. The molecule has 0 radical (unpaired) electrons. The van der Waals surface area contributed by atoms with Gasteiger partial charge in [-0.15, -0.1) is 0 Å². The summed E-state index contributed by atoms with van der Waals surface area (Å²) in [6.45, 7) is 1.05. The second kappa shape index (κ2) is 2.47. The summed E-state index contributed by atoms with van der Waals surface area (Å²) in [5, 5.41) is 3.33. The van der Waals surface area contributed by atoms with Crippen LogP contribution in [0, 0.1) is 11.7 Å². The highest BCUT2D eigenvalue weighted by Crippen LogP contribution is 2.55. The Morgan fingerprint density at radius 1 is 1.46 bits per heavy atom. The molecule has 2 unspecified atom stereocenters. The van der Waals surface area contributed by atoms with Crippen molar-refractivity contribution < 1.29 is 4.39 Å². The zero-order valence-electron chi connectivity index (χ0n) is 6.98. The molecule has 1 heterocycles. The SMILES string of the molecule is Fc1ccc2c(c1Br)C1CC1CN2.